The van der Waals surface area contributed by atoms with E-state index in [9.17, 15) is 4.79 Å². The van der Waals surface area contributed by atoms with Crippen LogP contribution in [0, 0.1) is 6.92 Å². The van der Waals surface area contributed by atoms with Crippen LogP contribution in [0.1, 0.15) is 28.4 Å². The number of nitrogens with one attached hydrogen (secondary N) is 1. The van der Waals surface area contributed by atoms with Crippen molar-refractivity contribution in [1.29, 1.82) is 0 Å². The highest BCUT2D eigenvalue weighted by atomic mass is 16.5. The Morgan fingerprint density at radius 1 is 0.966 bits per heavy atom. The fourth-order valence-electron chi connectivity index (χ4n) is 2.85. The van der Waals surface area contributed by atoms with Gasteiger partial charge in [0.25, 0.3) is 5.91 Å². The van der Waals surface area contributed by atoms with Crippen molar-refractivity contribution in [2.45, 2.75) is 13.8 Å². The number of aliphatic imine (C=N–C) groups is 1. The summed E-state index contributed by atoms with van der Waals surface area (Å²) in [4.78, 5) is 17.4. The number of methoxy groups -OCH3 is 1. The van der Waals surface area contributed by atoms with Crippen LogP contribution < -0.4 is 10.1 Å². The molecule has 1 N–H and O–H groups in total. The largest absolute Gasteiger partial charge is 0.494 e. The summed E-state index contributed by atoms with van der Waals surface area (Å²) in [6, 6.07) is 22.4. The molecule has 0 atom stereocenters. The second-order valence-electron chi connectivity index (χ2n) is 6.37. The van der Waals surface area contributed by atoms with Gasteiger partial charge in [0.05, 0.1) is 13.7 Å². The molecular formula is C24H24N2O3. The van der Waals surface area contributed by atoms with Crippen LogP contribution in [0.25, 0.3) is 0 Å². The van der Waals surface area contributed by atoms with Gasteiger partial charge in [-0.3, -0.25) is 4.79 Å². The Hall–Kier alpha value is -3.60. The number of hydrogen-bond acceptors (Lipinski definition) is 4. The van der Waals surface area contributed by atoms with E-state index in [-0.39, 0.29) is 5.91 Å². The van der Waals surface area contributed by atoms with Gasteiger partial charge in [-0.1, -0.05) is 36.4 Å². The Bertz CT molecular complexity index is 1030. The molecule has 0 aliphatic rings. The molecule has 148 valence electrons. The molecule has 0 saturated heterocycles. The zero-order valence-electron chi connectivity index (χ0n) is 16.8. The minimum atomic E-state index is -0.186. The lowest BCUT2D eigenvalue weighted by Crippen LogP contribution is -2.14. The van der Waals surface area contributed by atoms with E-state index in [2.05, 4.69) is 10.3 Å². The number of rotatable bonds is 6. The molecule has 1 amide bonds. The second kappa shape index (κ2) is 9.55. The van der Waals surface area contributed by atoms with Gasteiger partial charge in [0, 0.05) is 16.8 Å². The number of nitrogens with zero attached hydrogens (tertiary/aromatic N) is 1. The normalized spacial score (nSPS) is 11.1. The first-order valence-corrected chi connectivity index (χ1v) is 9.44. The number of carbonyl (C=O) groups excluding carboxylic acids is 1. The highest BCUT2D eigenvalue weighted by Gasteiger charge is 2.12. The van der Waals surface area contributed by atoms with Crippen molar-refractivity contribution < 1.29 is 14.3 Å². The molecular weight excluding hydrogens is 364 g/mol. The van der Waals surface area contributed by atoms with E-state index >= 15 is 0 Å². The fraction of sp³-hybridized carbons (Fsp3) is 0.167. The summed E-state index contributed by atoms with van der Waals surface area (Å²) in [5.41, 5.74) is 3.70. The average molecular weight is 388 g/mol. The highest BCUT2D eigenvalue weighted by molar-refractivity contribution is 6.06. The molecule has 5 nitrogen and oxygen atoms in total. The van der Waals surface area contributed by atoms with Gasteiger partial charge in [0.15, 0.2) is 0 Å². The molecule has 29 heavy (non-hydrogen) atoms. The van der Waals surface area contributed by atoms with Gasteiger partial charge in [-0.25, -0.2) is 4.99 Å². The summed E-state index contributed by atoms with van der Waals surface area (Å²) in [7, 11) is 1.60. The molecule has 0 spiro atoms. The number of para-hydroxylation sites is 3. The summed E-state index contributed by atoms with van der Waals surface area (Å²) < 4.78 is 11.1. The maximum absolute atomic E-state index is 12.7. The van der Waals surface area contributed by atoms with E-state index < -0.39 is 0 Å². The van der Waals surface area contributed by atoms with Crippen molar-refractivity contribution in [3.05, 3.63) is 89.5 Å². The lowest BCUT2D eigenvalue weighted by Gasteiger charge is -2.12. The Morgan fingerprint density at radius 2 is 1.69 bits per heavy atom. The molecule has 0 aliphatic heterocycles. The van der Waals surface area contributed by atoms with E-state index in [1.54, 1.807) is 19.2 Å². The zero-order valence-corrected chi connectivity index (χ0v) is 16.8. The van der Waals surface area contributed by atoms with Crippen LogP contribution >= 0.6 is 0 Å². The van der Waals surface area contributed by atoms with Gasteiger partial charge in [0.1, 0.15) is 11.4 Å². The number of carbonyl (C=O) groups is 1. The van der Waals surface area contributed by atoms with Gasteiger partial charge < -0.3 is 14.8 Å². The summed E-state index contributed by atoms with van der Waals surface area (Å²) in [5.74, 6) is 0.898. The first kappa shape index (κ1) is 20.1. The SMILES string of the molecule is CCOC(=Nc1ccccc1OC)c1cccc(C(=O)Nc2ccccc2C)c1. The zero-order chi connectivity index (χ0) is 20.6. The van der Waals surface area contributed by atoms with Crippen molar-refractivity contribution in [3.63, 3.8) is 0 Å². The van der Waals surface area contributed by atoms with Crippen LogP contribution in [0.15, 0.2) is 77.8 Å². The number of ether oxygens (including phenoxy) is 2. The minimum absolute atomic E-state index is 0.186. The number of hydrogen-bond donors (Lipinski definition) is 1. The third kappa shape index (κ3) is 5.02. The molecule has 3 rings (SSSR count). The molecule has 0 fully saturated rings. The van der Waals surface area contributed by atoms with Crippen molar-refractivity contribution in [2.75, 3.05) is 19.0 Å². The van der Waals surface area contributed by atoms with Crippen molar-refractivity contribution in [1.82, 2.24) is 0 Å². The standard InChI is InChI=1S/C24H24N2O3/c1-4-29-24(26-21-14-7-8-15-22(21)28-3)19-12-9-11-18(16-19)23(27)25-20-13-6-5-10-17(20)2/h5-16H,4H2,1-3H3,(H,25,27). The lowest BCUT2D eigenvalue weighted by atomic mass is 10.1. The predicted molar refractivity (Wildman–Crippen MR) is 116 cm³/mol. The summed E-state index contributed by atoms with van der Waals surface area (Å²) in [5, 5.41) is 2.95. The molecule has 5 heteroatoms. The van der Waals surface area contributed by atoms with E-state index in [0.29, 0.717) is 29.5 Å². The second-order valence-corrected chi connectivity index (χ2v) is 6.37. The summed E-state index contributed by atoms with van der Waals surface area (Å²) in [6.45, 7) is 4.30. The van der Waals surface area contributed by atoms with Crippen molar-refractivity contribution >= 4 is 23.2 Å². The Kier molecular flexibility index (Phi) is 6.63. The fourth-order valence-corrected chi connectivity index (χ4v) is 2.85. The quantitative estimate of drug-likeness (QED) is 0.456. The van der Waals surface area contributed by atoms with E-state index in [4.69, 9.17) is 9.47 Å². The van der Waals surface area contributed by atoms with Crippen molar-refractivity contribution in [3.8, 4) is 5.75 Å². The molecule has 0 aliphatic carbocycles. The van der Waals surface area contributed by atoms with Gasteiger partial charge in [-0.05, 0) is 55.8 Å². The van der Waals surface area contributed by atoms with Gasteiger partial charge >= 0.3 is 0 Å². The molecule has 3 aromatic rings. The third-order valence-corrected chi connectivity index (χ3v) is 4.35. The van der Waals surface area contributed by atoms with Crippen LogP contribution in [0.2, 0.25) is 0 Å². The maximum Gasteiger partial charge on any atom is 0.255 e. The Balaban J connectivity index is 1.92. The lowest BCUT2D eigenvalue weighted by molar-refractivity contribution is 0.102. The van der Waals surface area contributed by atoms with Crippen LogP contribution in [-0.2, 0) is 4.74 Å². The third-order valence-electron chi connectivity index (χ3n) is 4.35. The number of amides is 1. The Morgan fingerprint density at radius 3 is 2.45 bits per heavy atom. The van der Waals surface area contributed by atoms with Crippen LogP contribution in [0.5, 0.6) is 5.75 Å². The first-order chi connectivity index (χ1) is 14.1. The first-order valence-electron chi connectivity index (χ1n) is 9.44. The van der Waals surface area contributed by atoms with E-state index in [0.717, 1.165) is 16.8 Å². The molecule has 0 bridgehead atoms. The number of aryl methyl sites for hydroxylation is 1. The van der Waals surface area contributed by atoms with Gasteiger partial charge in [-0.2, -0.15) is 0 Å². The smallest absolute Gasteiger partial charge is 0.255 e. The van der Waals surface area contributed by atoms with Crippen molar-refractivity contribution in [2.24, 2.45) is 4.99 Å². The minimum Gasteiger partial charge on any atom is -0.494 e. The van der Waals surface area contributed by atoms with Gasteiger partial charge in [0.2, 0.25) is 5.90 Å². The van der Waals surface area contributed by atoms with E-state index in [1.165, 1.54) is 0 Å². The highest BCUT2D eigenvalue weighted by Crippen LogP contribution is 2.27. The molecule has 3 aromatic carbocycles. The molecule has 0 unspecified atom stereocenters. The summed E-state index contributed by atoms with van der Waals surface area (Å²) >= 11 is 0. The Labute approximate surface area is 171 Å². The van der Waals surface area contributed by atoms with Crippen LogP contribution in [0.4, 0.5) is 11.4 Å². The van der Waals surface area contributed by atoms with E-state index in [1.807, 2.05) is 74.5 Å². The molecule has 0 radical (unpaired) electrons. The van der Waals surface area contributed by atoms with Gasteiger partial charge in [-0.15, -0.1) is 0 Å². The molecule has 0 saturated carbocycles. The molecule has 0 heterocycles. The topological polar surface area (TPSA) is 59.9 Å². The van der Waals surface area contributed by atoms with Crippen LogP contribution in [0.3, 0.4) is 0 Å². The average Bonchev–Trinajstić information content (AvgIpc) is 2.75. The monoisotopic (exact) mass is 388 g/mol. The number of anilines is 1. The maximum atomic E-state index is 12.7. The number of benzene rings is 3. The molecule has 0 aromatic heterocycles. The predicted octanol–water partition coefficient (Wildman–Crippen LogP) is 5.37. The van der Waals surface area contributed by atoms with Crippen LogP contribution in [-0.4, -0.2) is 25.5 Å². The summed E-state index contributed by atoms with van der Waals surface area (Å²) in [6.07, 6.45) is 0.